The first-order valence-electron chi connectivity index (χ1n) is 5.96. The van der Waals surface area contributed by atoms with E-state index in [9.17, 15) is 4.79 Å². The first-order chi connectivity index (χ1) is 9.45. The standard InChI is InChI=1S/C13H15N5O2/c1-7-3-4-8(2)9(5-7)11(19)20-6-10-16-12(14)18-13(15)17-10/h3-5H,6H2,1-2H3,(H4,14,15,16,17,18). The molecule has 7 heteroatoms. The van der Waals surface area contributed by atoms with Crippen LogP contribution in [0, 0.1) is 13.8 Å². The van der Waals surface area contributed by atoms with Gasteiger partial charge in [0.25, 0.3) is 0 Å². The molecule has 0 saturated heterocycles. The molecule has 1 aromatic heterocycles. The maximum absolute atomic E-state index is 12.0. The van der Waals surface area contributed by atoms with Crippen LogP contribution < -0.4 is 11.5 Å². The van der Waals surface area contributed by atoms with Crippen LogP contribution in [0.15, 0.2) is 18.2 Å². The molecule has 104 valence electrons. The zero-order valence-electron chi connectivity index (χ0n) is 11.3. The van der Waals surface area contributed by atoms with Crippen molar-refractivity contribution in [2.75, 3.05) is 11.5 Å². The molecule has 1 aromatic carbocycles. The molecule has 0 unspecified atom stereocenters. The molecule has 1 heterocycles. The number of nitrogens with two attached hydrogens (primary N) is 2. The highest BCUT2D eigenvalue weighted by atomic mass is 16.5. The minimum atomic E-state index is -0.441. The molecule has 0 aliphatic carbocycles. The van der Waals surface area contributed by atoms with E-state index in [0.717, 1.165) is 11.1 Å². The van der Waals surface area contributed by atoms with E-state index in [1.54, 1.807) is 6.07 Å². The number of hydrogen-bond donors (Lipinski definition) is 2. The molecule has 0 saturated carbocycles. The molecule has 2 rings (SSSR count). The van der Waals surface area contributed by atoms with Crippen molar-refractivity contribution in [3.05, 3.63) is 40.7 Å². The maximum Gasteiger partial charge on any atom is 0.338 e. The van der Waals surface area contributed by atoms with Crippen LogP contribution in [0.1, 0.15) is 27.3 Å². The van der Waals surface area contributed by atoms with E-state index in [2.05, 4.69) is 15.0 Å². The molecule has 0 aliphatic rings. The molecule has 0 aliphatic heterocycles. The minimum Gasteiger partial charge on any atom is -0.454 e. The van der Waals surface area contributed by atoms with Crippen molar-refractivity contribution < 1.29 is 9.53 Å². The van der Waals surface area contributed by atoms with Crippen LogP contribution in [0.25, 0.3) is 0 Å². The van der Waals surface area contributed by atoms with Crippen LogP contribution in [0.4, 0.5) is 11.9 Å². The van der Waals surface area contributed by atoms with E-state index in [4.69, 9.17) is 16.2 Å². The van der Waals surface area contributed by atoms with Gasteiger partial charge in [-0.05, 0) is 25.5 Å². The Labute approximate surface area is 116 Å². The molecule has 0 atom stereocenters. The van der Waals surface area contributed by atoms with Gasteiger partial charge in [0.2, 0.25) is 11.9 Å². The minimum absolute atomic E-state index is 0.00437. The van der Waals surface area contributed by atoms with E-state index in [1.807, 2.05) is 26.0 Å². The second-order valence-corrected chi connectivity index (χ2v) is 4.36. The van der Waals surface area contributed by atoms with Crippen LogP contribution in [-0.2, 0) is 11.3 Å². The fourth-order valence-corrected chi connectivity index (χ4v) is 1.68. The van der Waals surface area contributed by atoms with Crippen LogP contribution in [-0.4, -0.2) is 20.9 Å². The summed E-state index contributed by atoms with van der Waals surface area (Å²) in [5, 5.41) is 0. The van der Waals surface area contributed by atoms with Crippen molar-refractivity contribution in [1.29, 1.82) is 0 Å². The van der Waals surface area contributed by atoms with Gasteiger partial charge in [-0.1, -0.05) is 17.7 Å². The van der Waals surface area contributed by atoms with Gasteiger partial charge in [-0.25, -0.2) is 4.79 Å². The normalized spacial score (nSPS) is 10.3. The molecule has 0 fully saturated rings. The largest absolute Gasteiger partial charge is 0.454 e. The fourth-order valence-electron chi connectivity index (χ4n) is 1.68. The number of carbonyl (C=O) groups excluding carboxylic acids is 1. The lowest BCUT2D eigenvalue weighted by molar-refractivity contribution is 0.0461. The van der Waals surface area contributed by atoms with E-state index in [0.29, 0.717) is 5.56 Å². The number of carbonyl (C=O) groups is 1. The summed E-state index contributed by atoms with van der Waals surface area (Å²) in [7, 11) is 0. The first-order valence-corrected chi connectivity index (χ1v) is 5.96. The average molecular weight is 273 g/mol. The van der Waals surface area contributed by atoms with Crippen molar-refractivity contribution in [3.63, 3.8) is 0 Å². The second kappa shape index (κ2) is 5.52. The summed E-state index contributed by atoms with van der Waals surface area (Å²) in [5.41, 5.74) is 13.2. The quantitative estimate of drug-likeness (QED) is 0.801. The summed E-state index contributed by atoms with van der Waals surface area (Å²) in [5.74, 6) is -0.233. The number of nitrogens with zero attached hydrogens (tertiary/aromatic N) is 3. The zero-order valence-corrected chi connectivity index (χ0v) is 11.3. The lowest BCUT2D eigenvalue weighted by atomic mass is 10.1. The highest BCUT2D eigenvalue weighted by Gasteiger charge is 2.12. The SMILES string of the molecule is Cc1ccc(C)c(C(=O)OCc2nc(N)nc(N)n2)c1. The summed E-state index contributed by atoms with van der Waals surface area (Å²) in [4.78, 5) is 23.3. The monoisotopic (exact) mass is 273 g/mol. The molecule has 0 spiro atoms. The number of aryl methyl sites for hydroxylation is 2. The van der Waals surface area contributed by atoms with Crippen molar-refractivity contribution in [2.45, 2.75) is 20.5 Å². The summed E-state index contributed by atoms with van der Waals surface area (Å²) in [6.45, 7) is 3.64. The fraction of sp³-hybridized carbons (Fsp3) is 0.231. The molecule has 0 amide bonds. The van der Waals surface area contributed by atoms with Gasteiger partial charge in [-0.2, -0.15) is 15.0 Å². The molecular weight excluding hydrogens is 258 g/mol. The van der Waals surface area contributed by atoms with Crippen molar-refractivity contribution in [1.82, 2.24) is 15.0 Å². The third-order valence-corrected chi connectivity index (χ3v) is 2.66. The smallest absolute Gasteiger partial charge is 0.338 e. The highest BCUT2D eigenvalue weighted by Crippen LogP contribution is 2.12. The highest BCUT2D eigenvalue weighted by molar-refractivity contribution is 5.91. The third kappa shape index (κ3) is 3.19. The number of benzene rings is 1. The van der Waals surface area contributed by atoms with Crippen LogP contribution in [0.3, 0.4) is 0 Å². The predicted octanol–water partition coefficient (Wildman–Crippen LogP) is 1.01. The second-order valence-electron chi connectivity index (χ2n) is 4.36. The Morgan fingerprint density at radius 2 is 1.80 bits per heavy atom. The zero-order chi connectivity index (χ0) is 14.7. The summed E-state index contributed by atoms with van der Waals surface area (Å²) in [6, 6.07) is 5.57. The first kappa shape index (κ1) is 13.7. The number of ether oxygens (including phenoxy) is 1. The van der Waals surface area contributed by atoms with Crippen molar-refractivity contribution >= 4 is 17.9 Å². The molecule has 0 radical (unpaired) electrons. The van der Waals surface area contributed by atoms with Gasteiger partial charge in [0.1, 0.15) is 0 Å². The number of anilines is 2. The summed E-state index contributed by atoms with van der Waals surface area (Å²) < 4.78 is 5.16. The molecule has 2 aromatic rings. The molecule has 20 heavy (non-hydrogen) atoms. The van der Waals surface area contributed by atoms with E-state index >= 15 is 0 Å². The summed E-state index contributed by atoms with van der Waals surface area (Å²) in [6.07, 6.45) is 0. The van der Waals surface area contributed by atoms with E-state index in [1.165, 1.54) is 0 Å². The van der Waals surface area contributed by atoms with Crippen molar-refractivity contribution in [3.8, 4) is 0 Å². The topological polar surface area (TPSA) is 117 Å². The molecule has 7 nitrogen and oxygen atoms in total. The van der Waals surface area contributed by atoms with Crippen LogP contribution in [0.5, 0.6) is 0 Å². The van der Waals surface area contributed by atoms with Crippen LogP contribution in [0.2, 0.25) is 0 Å². The van der Waals surface area contributed by atoms with Crippen LogP contribution >= 0.6 is 0 Å². The van der Waals surface area contributed by atoms with Gasteiger partial charge < -0.3 is 16.2 Å². The Kier molecular flexibility index (Phi) is 3.79. The van der Waals surface area contributed by atoms with Gasteiger partial charge in [0, 0.05) is 0 Å². The lowest BCUT2D eigenvalue weighted by Crippen LogP contribution is -2.12. The maximum atomic E-state index is 12.0. The van der Waals surface area contributed by atoms with E-state index < -0.39 is 5.97 Å². The van der Waals surface area contributed by atoms with E-state index in [-0.39, 0.29) is 24.3 Å². The number of aromatic nitrogens is 3. The molecular formula is C13H15N5O2. The Morgan fingerprint density at radius 3 is 2.45 bits per heavy atom. The van der Waals surface area contributed by atoms with Gasteiger partial charge >= 0.3 is 5.97 Å². The lowest BCUT2D eigenvalue weighted by Gasteiger charge is -2.07. The number of rotatable bonds is 3. The van der Waals surface area contributed by atoms with Crippen molar-refractivity contribution in [2.24, 2.45) is 0 Å². The summed E-state index contributed by atoms with van der Waals surface area (Å²) >= 11 is 0. The molecule has 4 N–H and O–H groups in total. The number of esters is 1. The predicted molar refractivity (Wildman–Crippen MR) is 73.7 cm³/mol. The van der Waals surface area contributed by atoms with Gasteiger partial charge in [0.05, 0.1) is 5.56 Å². The Morgan fingerprint density at radius 1 is 1.15 bits per heavy atom. The Hall–Kier alpha value is -2.70. The van der Waals surface area contributed by atoms with Gasteiger partial charge in [0.15, 0.2) is 12.4 Å². The number of nitrogen functional groups attached to an aromatic ring is 2. The Balaban J connectivity index is 2.10. The van der Waals surface area contributed by atoms with Gasteiger partial charge in [-0.15, -0.1) is 0 Å². The molecule has 0 bridgehead atoms. The average Bonchev–Trinajstić information content (AvgIpc) is 2.38. The van der Waals surface area contributed by atoms with Gasteiger partial charge in [-0.3, -0.25) is 0 Å². The third-order valence-electron chi connectivity index (χ3n) is 2.66. The Bertz CT molecular complexity index is 637. The number of hydrogen-bond acceptors (Lipinski definition) is 7.